The number of hydrogen-bond acceptors (Lipinski definition) is 7. The summed E-state index contributed by atoms with van der Waals surface area (Å²) in [5, 5.41) is 2.82. The van der Waals surface area contributed by atoms with Gasteiger partial charge < -0.3 is 15.8 Å². The largest absolute Gasteiger partial charge is 0.484 e. The predicted octanol–water partition coefficient (Wildman–Crippen LogP) is 0.623. The molecule has 2 rings (SSSR count). The van der Waals surface area contributed by atoms with Crippen LogP contribution >= 0.6 is 0 Å². The van der Waals surface area contributed by atoms with Crippen LogP contribution in [-0.4, -0.2) is 29.5 Å². The zero-order valence-electron chi connectivity index (χ0n) is 11.5. The molecule has 0 bridgehead atoms. The number of amides is 1. The van der Waals surface area contributed by atoms with E-state index in [0.29, 0.717) is 23.1 Å². The Morgan fingerprint density at radius 3 is 2.67 bits per heavy atom. The molecule has 8 nitrogen and oxygen atoms in total. The lowest BCUT2D eigenvalue weighted by Gasteiger charge is -2.12. The second-order valence-corrected chi connectivity index (χ2v) is 4.01. The van der Waals surface area contributed by atoms with E-state index in [1.54, 1.807) is 19.2 Å². The molecule has 0 unspecified atom stereocenters. The fourth-order valence-corrected chi connectivity index (χ4v) is 1.52. The fraction of sp³-hybridized carbons (Fsp3) is 0.154. The lowest BCUT2D eigenvalue weighted by molar-refractivity contribution is -0.122. The molecule has 0 saturated heterocycles. The van der Waals surface area contributed by atoms with E-state index in [1.807, 2.05) is 18.2 Å². The van der Waals surface area contributed by atoms with Gasteiger partial charge in [0.15, 0.2) is 18.2 Å². The lowest BCUT2D eigenvalue weighted by Crippen LogP contribution is -2.34. The molecular weight excluding hydrogens is 272 g/mol. The minimum Gasteiger partial charge on any atom is -0.484 e. The maximum Gasteiger partial charge on any atom is 0.276 e. The van der Waals surface area contributed by atoms with Crippen molar-refractivity contribution in [2.75, 3.05) is 30.1 Å². The Hall–Kier alpha value is -3.03. The molecule has 0 atom stereocenters. The normalized spacial score (nSPS) is 9.76. The van der Waals surface area contributed by atoms with Crippen molar-refractivity contribution in [2.24, 2.45) is 0 Å². The van der Waals surface area contributed by atoms with E-state index in [1.165, 1.54) is 6.33 Å². The summed E-state index contributed by atoms with van der Waals surface area (Å²) < 4.78 is 5.30. The first-order valence-electron chi connectivity index (χ1n) is 6.21. The minimum absolute atomic E-state index is 0.124. The molecule has 1 aromatic carbocycles. The number of nitrogens with one attached hydrogen (secondary N) is 3. The summed E-state index contributed by atoms with van der Waals surface area (Å²) in [6, 6.07) is 9.05. The molecule has 0 aliphatic carbocycles. The van der Waals surface area contributed by atoms with Crippen molar-refractivity contribution in [2.45, 2.75) is 0 Å². The Kier molecular flexibility index (Phi) is 4.75. The first-order valence-corrected chi connectivity index (χ1v) is 6.21. The van der Waals surface area contributed by atoms with Crippen molar-refractivity contribution in [1.82, 2.24) is 15.4 Å². The molecular formula is C13H16N6O2. The fourth-order valence-electron chi connectivity index (χ4n) is 1.52. The van der Waals surface area contributed by atoms with E-state index in [4.69, 9.17) is 10.5 Å². The highest BCUT2D eigenvalue weighted by molar-refractivity contribution is 5.81. The molecule has 0 aliphatic rings. The van der Waals surface area contributed by atoms with Crippen LogP contribution in [-0.2, 0) is 4.79 Å². The summed E-state index contributed by atoms with van der Waals surface area (Å²) >= 11 is 0. The van der Waals surface area contributed by atoms with Crippen molar-refractivity contribution in [3.8, 4) is 5.75 Å². The van der Waals surface area contributed by atoms with E-state index in [-0.39, 0.29) is 12.5 Å². The van der Waals surface area contributed by atoms with E-state index in [9.17, 15) is 4.79 Å². The Labute approximate surface area is 121 Å². The molecule has 110 valence electrons. The third kappa shape index (κ3) is 3.96. The average Bonchev–Trinajstić information content (AvgIpc) is 2.53. The highest BCUT2D eigenvalue weighted by Gasteiger charge is 2.08. The second kappa shape index (κ2) is 6.94. The number of aromatic nitrogens is 2. The van der Waals surface area contributed by atoms with Gasteiger partial charge in [0.05, 0.1) is 0 Å². The maximum atomic E-state index is 11.7. The number of carbonyl (C=O) groups excluding carboxylic acids is 1. The number of para-hydroxylation sites is 1. The second-order valence-electron chi connectivity index (χ2n) is 4.01. The molecule has 8 heteroatoms. The zero-order valence-corrected chi connectivity index (χ0v) is 11.5. The number of nitrogens with zero attached hydrogens (tertiary/aromatic N) is 2. The van der Waals surface area contributed by atoms with Gasteiger partial charge in [0, 0.05) is 7.05 Å². The molecule has 0 radical (unpaired) electrons. The highest BCUT2D eigenvalue weighted by atomic mass is 16.5. The standard InChI is InChI=1S/C13H16N6O2/c1-15-12-11(14)13(17-8-16-12)19-18-10(20)7-21-9-5-3-2-4-6-9/h2-6,8H,7,14H2,1H3,(H,18,20)(H2,15,16,17,19). The van der Waals surface area contributed by atoms with Gasteiger partial charge in [0.2, 0.25) is 0 Å². The molecule has 0 saturated carbocycles. The monoisotopic (exact) mass is 288 g/mol. The smallest absolute Gasteiger partial charge is 0.276 e. The average molecular weight is 288 g/mol. The summed E-state index contributed by atoms with van der Waals surface area (Å²) in [5.41, 5.74) is 11.2. The zero-order chi connectivity index (χ0) is 15.1. The van der Waals surface area contributed by atoms with Crippen molar-refractivity contribution >= 4 is 23.2 Å². The van der Waals surface area contributed by atoms with Crippen molar-refractivity contribution in [1.29, 1.82) is 0 Å². The van der Waals surface area contributed by atoms with Crippen LogP contribution < -0.4 is 26.6 Å². The van der Waals surface area contributed by atoms with Gasteiger partial charge in [-0.2, -0.15) is 0 Å². The Balaban J connectivity index is 1.84. The van der Waals surface area contributed by atoms with Gasteiger partial charge in [-0.3, -0.25) is 15.6 Å². The van der Waals surface area contributed by atoms with E-state index in [0.717, 1.165) is 0 Å². The quantitative estimate of drug-likeness (QED) is 0.576. The van der Waals surface area contributed by atoms with E-state index < -0.39 is 0 Å². The maximum absolute atomic E-state index is 11.7. The molecule has 1 heterocycles. The molecule has 5 N–H and O–H groups in total. The predicted molar refractivity (Wildman–Crippen MR) is 79.7 cm³/mol. The van der Waals surface area contributed by atoms with Gasteiger partial charge >= 0.3 is 0 Å². The number of ether oxygens (including phenoxy) is 1. The van der Waals surface area contributed by atoms with E-state index in [2.05, 4.69) is 26.1 Å². The molecule has 0 spiro atoms. The third-order valence-corrected chi connectivity index (χ3v) is 2.55. The van der Waals surface area contributed by atoms with Crippen LogP contribution in [0.3, 0.4) is 0 Å². The summed E-state index contributed by atoms with van der Waals surface area (Å²) in [5.74, 6) is 1.04. The summed E-state index contributed by atoms with van der Waals surface area (Å²) in [4.78, 5) is 19.5. The number of carbonyl (C=O) groups is 1. The van der Waals surface area contributed by atoms with Crippen molar-refractivity contribution in [3.63, 3.8) is 0 Å². The number of hydrazine groups is 1. The first-order chi connectivity index (χ1) is 10.2. The van der Waals surface area contributed by atoms with Crippen LogP contribution in [0.1, 0.15) is 0 Å². The first kappa shape index (κ1) is 14.4. The number of nitrogens with two attached hydrogens (primary N) is 1. The van der Waals surface area contributed by atoms with Crippen LogP contribution in [0.5, 0.6) is 5.75 Å². The van der Waals surface area contributed by atoms with Gasteiger partial charge in [-0.05, 0) is 12.1 Å². The molecule has 1 amide bonds. The number of hydrogen-bond donors (Lipinski definition) is 4. The highest BCUT2D eigenvalue weighted by Crippen LogP contribution is 2.20. The van der Waals surface area contributed by atoms with Crippen molar-refractivity contribution in [3.05, 3.63) is 36.7 Å². The summed E-state index contributed by atoms with van der Waals surface area (Å²) in [7, 11) is 1.69. The van der Waals surface area contributed by atoms with Crippen LogP contribution in [0.15, 0.2) is 36.7 Å². The van der Waals surface area contributed by atoms with Crippen molar-refractivity contribution < 1.29 is 9.53 Å². The van der Waals surface area contributed by atoms with Crippen LogP contribution in [0.4, 0.5) is 17.3 Å². The molecule has 1 aromatic heterocycles. The Bertz CT molecular complexity index is 605. The van der Waals surface area contributed by atoms with Gasteiger partial charge in [-0.25, -0.2) is 9.97 Å². The van der Waals surface area contributed by atoms with Crippen LogP contribution in [0.25, 0.3) is 0 Å². The summed E-state index contributed by atoms with van der Waals surface area (Å²) in [6.07, 6.45) is 1.33. The lowest BCUT2D eigenvalue weighted by atomic mass is 10.3. The summed E-state index contributed by atoms with van der Waals surface area (Å²) in [6.45, 7) is -0.124. The van der Waals surface area contributed by atoms with Gasteiger partial charge in [0.25, 0.3) is 5.91 Å². The van der Waals surface area contributed by atoms with Gasteiger partial charge in [-0.15, -0.1) is 0 Å². The van der Waals surface area contributed by atoms with Crippen LogP contribution in [0.2, 0.25) is 0 Å². The molecule has 0 fully saturated rings. The SMILES string of the molecule is CNc1ncnc(NNC(=O)COc2ccccc2)c1N. The van der Waals surface area contributed by atoms with Gasteiger partial charge in [-0.1, -0.05) is 18.2 Å². The molecule has 2 aromatic rings. The molecule has 0 aliphatic heterocycles. The van der Waals surface area contributed by atoms with Crippen LogP contribution in [0, 0.1) is 0 Å². The third-order valence-electron chi connectivity index (χ3n) is 2.55. The minimum atomic E-state index is -0.358. The topological polar surface area (TPSA) is 114 Å². The number of rotatable bonds is 6. The number of anilines is 3. The van der Waals surface area contributed by atoms with Gasteiger partial charge in [0.1, 0.15) is 17.8 Å². The Morgan fingerprint density at radius 1 is 1.24 bits per heavy atom. The Morgan fingerprint density at radius 2 is 1.95 bits per heavy atom. The number of benzene rings is 1. The van der Waals surface area contributed by atoms with E-state index >= 15 is 0 Å². The number of nitrogen functional groups attached to an aromatic ring is 1. The molecule has 21 heavy (non-hydrogen) atoms.